The maximum atomic E-state index is 12.0. The molecule has 3 aromatic rings. The van der Waals surface area contributed by atoms with Gasteiger partial charge < -0.3 is 20.3 Å². The van der Waals surface area contributed by atoms with E-state index in [9.17, 15) is 4.79 Å². The van der Waals surface area contributed by atoms with Gasteiger partial charge in [-0.05, 0) is 17.2 Å². The summed E-state index contributed by atoms with van der Waals surface area (Å²) in [7, 11) is 0. The Kier molecular flexibility index (Phi) is 7.34. The molecule has 0 radical (unpaired) electrons. The predicted octanol–water partition coefficient (Wildman–Crippen LogP) is 3.08. The molecule has 0 fully saturated rings. The Morgan fingerprint density at radius 1 is 1.22 bits per heavy atom. The third-order valence-corrected chi connectivity index (χ3v) is 3.78. The Bertz CT molecular complexity index is 884. The van der Waals surface area contributed by atoms with Crippen molar-refractivity contribution in [2.75, 3.05) is 11.9 Å². The lowest BCUT2D eigenvalue weighted by atomic mass is 10.1. The third-order valence-electron chi connectivity index (χ3n) is 3.78. The maximum Gasteiger partial charge on any atom is 0.325 e. The molecule has 1 heterocycles. The number of benzene rings is 2. The zero-order valence-corrected chi connectivity index (χ0v) is 15.7. The molecule has 0 aliphatic carbocycles. The number of carbonyl (C=O) groups excluding carboxylic acids is 1. The molecule has 8 heteroatoms. The van der Waals surface area contributed by atoms with Crippen LogP contribution in [-0.4, -0.2) is 22.7 Å². The van der Waals surface area contributed by atoms with Crippen LogP contribution in [0.5, 0.6) is 0 Å². The summed E-state index contributed by atoms with van der Waals surface area (Å²) in [6.45, 7) is 2.35. The molecule has 0 amide bonds. The van der Waals surface area contributed by atoms with E-state index in [0.29, 0.717) is 18.3 Å². The van der Waals surface area contributed by atoms with Crippen LogP contribution in [0.15, 0.2) is 53.1 Å². The Morgan fingerprint density at radius 3 is 2.67 bits per heavy atom. The van der Waals surface area contributed by atoms with E-state index >= 15 is 0 Å². The molecule has 3 N–H and O–H groups in total. The molecular weight excluding hydrogens is 368 g/mol. The molecule has 142 valence electrons. The molecule has 0 saturated carbocycles. The number of aryl methyl sites for hydroxylation is 1. The van der Waals surface area contributed by atoms with Gasteiger partial charge in [-0.3, -0.25) is 4.79 Å². The Hall–Kier alpha value is -2.90. The van der Waals surface area contributed by atoms with E-state index in [1.807, 2.05) is 48.5 Å². The van der Waals surface area contributed by atoms with Crippen molar-refractivity contribution in [2.24, 2.45) is 5.73 Å². The Morgan fingerprint density at radius 2 is 2.00 bits per heavy atom. The number of rotatable bonds is 7. The highest BCUT2D eigenvalue weighted by Gasteiger charge is 2.11. The van der Waals surface area contributed by atoms with Crippen molar-refractivity contribution in [1.29, 1.82) is 0 Å². The van der Waals surface area contributed by atoms with Gasteiger partial charge in [-0.25, -0.2) is 0 Å². The highest BCUT2D eigenvalue weighted by atomic mass is 35.5. The smallest absolute Gasteiger partial charge is 0.325 e. The zero-order valence-electron chi connectivity index (χ0n) is 14.8. The average Bonchev–Trinajstić information content (AvgIpc) is 3.11. The summed E-state index contributed by atoms with van der Waals surface area (Å²) >= 11 is 0. The van der Waals surface area contributed by atoms with Crippen LogP contribution in [0.1, 0.15) is 17.0 Å². The fourth-order valence-electron chi connectivity index (χ4n) is 2.43. The van der Waals surface area contributed by atoms with Gasteiger partial charge >= 0.3 is 5.97 Å². The summed E-state index contributed by atoms with van der Waals surface area (Å²) < 4.78 is 10.3. The van der Waals surface area contributed by atoms with Crippen LogP contribution >= 0.6 is 12.4 Å². The number of hydrogen-bond acceptors (Lipinski definition) is 7. The van der Waals surface area contributed by atoms with Crippen LogP contribution in [0.3, 0.4) is 0 Å². The molecule has 7 nitrogen and oxygen atoms in total. The molecular formula is C19H21ClN4O3. The minimum absolute atomic E-state index is 0. The number of ether oxygens (including phenoxy) is 1. The van der Waals surface area contributed by atoms with Crippen molar-refractivity contribution in [1.82, 2.24) is 10.1 Å². The summed E-state index contributed by atoms with van der Waals surface area (Å²) in [4.78, 5) is 16.2. The quantitative estimate of drug-likeness (QED) is 0.599. The van der Waals surface area contributed by atoms with Gasteiger partial charge in [0.25, 0.3) is 0 Å². The van der Waals surface area contributed by atoms with Gasteiger partial charge in [0.1, 0.15) is 13.2 Å². The van der Waals surface area contributed by atoms with Gasteiger partial charge in [-0.1, -0.05) is 47.6 Å². The molecule has 3 rings (SSSR count). The summed E-state index contributed by atoms with van der Waals surface area (Å²) in [5.41, 5.74) is 9.12. The van der Waals surface area contributed by atoms with Crippen molar-refractivity contribution in [3.8, 4) is 11.4 Å². The van der Waals surface area contributed by atoms with Gasteiger partial charge in [-0.2, -0.15) is 4.98 Å². The van der Waals surface area contributed by atoms with E-state index in [0.717, 1.165) is 22.4 Å². The summed E-state index contributed by atoms with van der Waals surface area (Å²) in [5, 5.41) is 6.98. The fraction of sp³-hybridized carbons (Fsp3) is 0.211. The van der Waals surface area contributed by atoms with Gasteiger partial charge in [0.15, 0.2) is 0 Å². The van der Waals surface area contributed by atoms with Crippen molar-refractivity contribution in [3.63, 3.8) is 0 Å². The molecule has 0 atom stereocenters. The third kappa shape index (κ3) is 5.54. The van der Waals surface area contributed by atoms with Crippen LogP contribution in [0.25, 0.3) is 11.4 Å². The Balaban J connectivity index is 0.00000261. The molecule has 27 heavy (non-hydrogen) atoms. The van der Waals surface area contributed by atoms with E-state index in [1.165, 1.54) is 0 Å². The van der Waals surface area contributed by atoms with Gasteiger partial charge in [0.05, 0.1) is 0 Å². The van der Waals surface area contributed by atoms with Crippen molar-refractivity contribution in [2.45, 2.75) is 20.1 Å². The first-order chi connectivity index (χ1) is 12.7. The van der Waals surface area contributed by atoms with E-state index in [-0.39, 0.29) is 31.5 Å². The number of nitrogens with two attached hydrogens (primary N) is 1. The highest BCUT2D eigenvalue weighted by molar-refractivity contribution is 5.85. The number of esters is 1. The number of anilines is 1. The van der Waals surface area contributed by atoms with Gasteiger partial charge in [0.2, 0.25) is 11.7 Å². The normalized spacial score (nSPS) is 10.1. The van der Waals surface area contributed by atoms with E-state index < -0.39 is 0 Å². The van der Waals surface area contributed by atoms with E-state index in [2.05, 4.69) is 15.5 Å². The van der Waals surface area contributed by atoms with Crippen LogP contribution in [0, 0.1) is 6.92 Å². The van der Waals surface area contributed by atoms with Gasteiger partial charge in [0, 0.05) is 24.7 Å². The number of nitrogens with zero attached hydrogens (tertiary/aromatic N) is 2. The molecule has 0 aliphatic heterocycles. The highest BCUT2D eigenvalue weighted by Crippen LogP contribution is 2.23. The SMILES string of the molecule is Cc1nc(-c2ccc(CN)c(NCC(=O)OCc3ccccc3)c2)no1.Cl. The van der Waals surface area contributed by atoms with Crippen LogP contribution in [0.2, 0.25) is 0 Å². The molecule has 0 unspecified atom stereocenters. The summed E-state index contributed by atoms with van der Waals surface area (Å²) in [5.74, 6) is 0.625. The fourth-order valence-corrected chi connectivity index (χ4v) is 2.43. The predicted molar refractivity (Wildman–Crippen MR) is 104 cm³/mol. The minimum Gasteiger partial charge on any atom is -0.460 e. The van der Waals surface area contributed by atoms with Crippen LogP contribution in [-0.2, 0) is 22.7 Å². The zero-order chi connectivity index (χ0) is 18.4. The molecule has 1 aromatic heterocycles. The number of halogens is 1. The van der Waals surface area contributed by atoms with Crippen LogP contribution < -0.4 is 11.1 Å². The van der Waals surface area contributed by atoms with Crippen molar-refractivity contribution in [3.05, 3.63) is 65.5 Å². The van der Waals surface area contributed by atoms with Crippen LogP contribution in [0.4, 0.5) is 5.69 Å². The monoisotopic (exact) mass is 388 g/mol. The standard InChI is InChI=1S/C19H20N4O3.ClH/c1-13-22-19(23-26-13)15-7-8-16(10-20)17(9-15)21-11-18(24)25-12-14-5-3-2-4-6-14;/h2-9,21H,10-12,20H2,1H3;1H. The average molecular weight is 389 g/mol. The van der Waals surface area contributed by atoms with Crippen molar-refractivity contribution < 1.29 is 14.1 Å². The van der Waals surface area contributed by atoms with Gasteiger partial charge in [-0.15, -0.1) is 12.4 Å². The lowest BCUT2D eigenvalue weighted by molar-refractivity contribution is -0.142. The summed E-state index contributed by atoms with van der Waals surface area (Å²) in [6, 6.07) is 15.1. The molecule has 0 spiro atoms. The molecule has 0 bridgehead atoms. The topological polar surface area (TPSA) is 103 Å². The second-order valence-electron chi connectivity index (χ2n) is 5.71. The first-order valence-electron chi connectivity index (χ1n) is 8.23. The lowest BCUT2D eigenvalue weighted by Crippen LogP contribution is -2.18. The number of aromatic nitrogens is 2. The largest absolute Gasteiger partial charge is 0.460 e. The second-order valence-corrected chi connectivity index (χ2v) is 5.71. The molecule has 0 aliphatic rings. The maximum absolute atomic E-state index is 12.0. The van der Waals surface area contributed by atoms with Crippen molar-refractivity contribution >= 4 is 24.1 Å². The first-order valence-corrected chi connectivity index (χ1v) is 8.23. The lowest BCUT2D eigenvalue weighted by Gasteiger charge is -2.12. The number of hydrogen-bond donors (Lipinski definition) is 2. The first kappa shape index (κ1) is 20.4. The second kappa shape index (κ2) is 9.70. The number of carbonyl (C=O) groups is 1. The Labute approximate surface area is 163 Å². The molecule has 0 saturated heterocycles. The minimum atomic E-state index is -0.349. The summed E-state index contributed by atoms with van der Waals surface area (Å²) in [6.07, 6.45) is 0. The molecule has 2 aromatic carbocycles. The van der Waals surface area contributed by atoms with E-state index in [4.69, 9.17) is 15.0 Å². The van der Waals surface area contributed by atoms with E-state index in [1.54, 1.807) is 6.92 Å². The number of nitrogens with one attached hydrogen (secondary N) is 1.